The SMILES string of the molecule is [2H]c1c([2H])c([2H])c2c(oc3c([2H])c([2H])c(N(c4ccc5c(c4)C(C)(C)CCC5(C)C)c4cccc5c4-c4ccccc4C54C5CC6CC(C5)CC4C6)c([2H])c32)c1[2H]. The van der Waals surface area contributed by atoms with Crippen molar-refractivity contribution in [2.45, 2.75) is 88.9 Å². The molecule has 5 aromatic carbocycles. The van der Waals surface area contributed by atoms with Crippen molar-refractivity contribution >= 4 is 39.0 Å². The third-order valence-electron chi connectivity index (χ3n) is 14.0. The average Bonchev–Trinajstić information content (AvgIpc) is 3.74. The van der Waals surface area contributed by atoms with Gasteiger partial charge in [-0.2, -0.15) is 0 Å². The summed E-state index contributed by atoms with van der Waals surface area (Å²) in [5.74, 6) is 2.69. The van der Waals surface area contributed by atoms with E-state index in [1.807, 2.05) is 4.90 Å². The van der Waals surface area contributed by atoms with Crippen LogP contribution in [0.1, 0.15) is 104 Å². The maximum atomic E-state index is 10.0. The van der Waals surface area contributed by atoms with E-state index in [0.717, 1.165) is 41.6 Å². The van der Waals surface area contributed by atoms with E-state index in [4.69, 9.17) is 9.90 Å². The van der Waals surface area contributed by atoms with Crippen molar-refractivity contribution in [2.24, 2.45) is 23.7 Å². The molecule has 6 aromatic rings. The molecule has 0 saturated heterocycles. The molecule has 0 radical (unpaired) electrons. The number of furan rings is 1. The Morgan fingerprint density at radius 1 is 0.640 bits per heavy atom. The fourth-order valence-electron chi connectivity index (χ4n) is 11.9. The number of para-hydroxylation sites is 1. The van der Waals surface area contributed by atoms with E-state index in [-0.39, 0.29) is 74.1 Å². The van der Waals surface area contributed by atoms with Crippen LogP contribution in [-0.4, -0.2) is 0 Å². The van der Waals surface area contributed by atoms with Gasteiger partial charge in [0.1, 0.15) is 11.2 Å². The lowest BCUT2D eigenvalue weighted by atomic mass is 9.43. The summed E-state index contributed by atoms with van der Waals surface area (Å²) in [5.41, 5.74) is 9.04. The zero-order valence-electron chi connectivity index (χ0n) is 36.4. The molecule has 2 heteroatoms. The Kier molecular flexibility index (Phi) is 4.61. The van der Waals surface area contributed by atoms with Gasteiger partial charge in [-0.25, -0.2) is 0 Å². The Labute approximate surface area is 306 Å². The van der Waals surface area contributed by atoms with Crippen LogP contribution in [0.5, 0.6) is 0 Å². The van der Waals surface area contributed by atoms with Gasteiger partial charge < -0.3 is 9.32 Å². The molecule has 1 spiro atoms. The molecule has 0 aliphatic heterocycles. The van der Waals surface area contributed by atoms with Crippen LogP contribution in [0, 0.1) is 23.7 Å². The summed E-state index contributed by atoms with van der Waals surface area (Å²) in [5, 5.41) is 0.197. The van der Waals surface area contributed by atoms with Crippen LogP contribution in [0.25, 0.3) is 33.1 Å². The number of anilines is 3. The molecule has 4 fully saturated rings. The molecule has 12 rings (SSSR count). The highest BCUT2D eigenvalue weighted by Gasteiger charge is 2.61. The van der Waals surface area contributed by atoms with Crippen LogP contribution >= 0.6 is 0 Å². The lowest BCUT2D eigenvalue weighted by Gasteiger charge is -2.61. The van der Waals surface area contributed by atoms with Gasteiger partial charge in [0.05, 0.1) is 15.3 Å². The minimum atomic E-state index is -0.436. The predicted octanol–water partition coefficient (Wildman–Crippen LogP) is 13.1. The van der Waals surface area contributed by atoms with Gasteiger partial charge in [0.15, 0.2) is 0 Å². The number of benzene rings is 5. The van der Waals surface area contributed by atoms with E-state index in [0.29, 0.717) is 11.8 Å². The second-order valence-corrected chi connectivity index (χ2v) is 17.5. The molecule has 6 aliphatic carbocycles. The summed E-state index contributed by atoms with van der Waals surface area (Å²) in [7, 11) is 0. The Bertz CT molecular complexity index is 2730. The standard InChI is InChI=1S/C48H47NO/c1-46(2)20-21-47(3,4)41-28-34(16-18-39(41)46)49(33-17-19-44-37(27-33)35-10-6-8-15-43(35)50-44)42-14-9-13-40-45(42)36-11-5-7-12-38(36)48(40)31-23-29-22-30(25-31)26-32(48)24-29/h5-19,27-32H,20-26H2,1-4H3/i6D,8D,10D,15D,17D,19D,27D. The first-order chi connectivity index (χ1) is 27.1. The second kappa shape index (κ2) is 9.93. The monoisotopic (exact) mass is 660 g/mol. The molecule has 4 saturated carbocycles. The van der Waals surface area contributed by atoms with Crippen molar-refractivity contribution in [3.63, 3.8) is 0 Å². The molecule has 0 amide bonds. The number of rotatable bonds is 3. The van der Waals surface area contributed by atoms with Gasteiger partial charge in [0, 0.05) is 33.1 Å². The summed E-state index contributed by atoms with van der Waals surface area (Å²) >= 11 is 0. The third-order valence-corrected chi connectivity index (χ3v) is 14.0. The van der Waals surface area contributed by atoms with Crippen LogP contribution in [0.15, 0.2) is 107 Å². The predicted molar refractivity (Wildman–Crippen MR) is 207 cm³/mol. The number of hydrogen-bond acceptors (Lipinski definition) is 2. The Morgan fingerprint density at radius 2 is 1.34 bits per heavy atom. The smallest absolute Gasteiger partial charge is 0.135 e. The molecular weight excluding hydrogens is 607 g/mol. The molecule has 6 aliphatic rings. The van der Waals surface area contributed by atoms with Crippen LogP contribution in [0.3, 0.4) is 0 Å². The van der Waals surface area contributed by atoms with Crippen molar-refractivity contribution < 1.29 is 14.0 Å². The minimum Gasteiger partial charge on any atom is -0.456 e. The zero-order chi connectivity index (χ0) is 39.7. The summed E-state index contributed by atoms with van der Waals surface area (Å²) in [4.78, 5) is 2.04. The highest BCUT2D eigenvalue weighted by atomic mass is 16.3. The fourth-order valence-corrected chi connectivity index (χ4v) is 11.9. The highest BCUT2D eigenvalue weighted by molar-refractivity contribution is 6.07. The van der Waals surface area contributed by atoms with Crippen molar-refractivity contribution in [1.29, 1.82) is 0 Å². The molecule has 2 nitrogen and oxygen atoms in total. The second-order valence-electron chi connectivity index (χ2n) is 17.5. The van der Waals surface area contributed by atoms with Gasteiger partial charge in [0.2, 0.25) is 0 Å². The van der Waals surface area contributed by atoms with Crippen LogP contribution in [-0.2, 0) is 16.2 Å². The Morgan fingerprint density at radius 3 is 2.14 bits per heavy atom. The molecule has 250 valence electrons. The van der Waals surface area contributed by atoms with Crippen LogP contribution < -0.4 is 4.90 Å². The van der Waals surface area contributed by atoms with Crippen molar-refractivity contribution in [1.82, 2.24) is 0 Å². The first-order valence-electron chi connectivity index (χ1n) is 22.3. The lowest BCUT2D eigenvalue weighted by Crippen LogP contribution is -2.55. The van der Waals surface area contributed by atoms with E-state index in [2.05, 4.69) is 88.4 Å². The number of hydrogen-bond donors (Lipinski definition) is 0. The summed E-state index contributed by atoms with van der Waals surface area (Å²) in [6.07, 6.45) is 8.43. The Balaban J connectivity index is 1.25. The minimum absolute atomic E-state index is 0.0275. The van der Waals surface area contributed by atoms with E-state index in [1.165, 1.54) is 59.9 Å². The van der Waals surface area contributed by atoms with Crippen LogP contribution in [0.4, 0.5) is 17.1 Å². The maximum absolute atomic E-state index is 10.0. The molecule has 1 aromatic heterocycles. The topological polar surface area (TPSA) is 16.4 Å². The molecule has 0 atom stereocenters. The van der Waals surface area contributed by atoms with Gasteiger partial charge >= 0.3 is 0 Å². The lowest BCUT2D eigenvalue weighted by molar-refractivity contribution is -0.0399. The summed E-state index contributed by atoms with van der Waals surface area (Å²) in [6.45, 7) is 9.21. The van der Waals surface area contributed by atoms with Gasteiger partial charge in [0.25, 0.3) is 0 Å². The molecule has 0 unspecified atom stereocenters. The van der Waals surface area contributed by atoms with E-state index in [1.54, 1.807) is 0 Å². The first-order valence-corrected chi connectivity index (χ1v) is 18.8. The summed E-state index contributed by atoms with van der Waals surface area (Å²) < 4.78 is 69.7. The molecule has 0 N–H and O–H groups in total. The van der Waals surface area contributed by atoms with Gasteiger partial charge in [-0.3, -0.25) is 0 Å². The fraction of sp³-hybridized carbons (Fsp3) is 0.375. The van der Waals surface area contributed by atoms with E-state index >= 15 is 0 Å². The number of fused-ring (bicyclic) bond motifs is 7. The maximum Gasteiger partial charge on any atom is 0.135 e. The van der Waals surface area contributed by atoms with E-state index in [9.17, 15) is 4.11 Å². The van der Waals surface area contributed by atoms with Gasteiger partial charge in [-0.05, 0) is 150 Å². The molecule has 1 heterocycles. The van der Waals surface area contributed by atoms with E-state index < -0.39 is 12.1 Å². The first kappa shape index (κ1) is 23.2. The quantitative estimate of drug-likeness (QED) is 0.188. The van der Waals surface area contributed by atoms with Crippen molar-refractivity contribution in [2.75, 3.05) is 4.90 Å². The van der Waals surface area contributed by atoms with Gasteiger partial charge in [-0.15, -0.1) is 0 Å². The molecule has 4 bridgehead atoms. The van der Waals surface area contributed by atoms with Crippen molar-refractivity contribution in [3.05, 3.63) is 125 Å². The van der Waals surface area contributed by atoms with Gasteiger partial charge in [-0.1, -0.05) is 88.3 Å². The third kappa shape index (κ3) is 3.81. The van der Waals surface area contributed by atoms with Crippen LogP contribution in [0.2, 0.25) is 0 Å². The summed E-state index contributed by atoms with van der Waals surface area (Å²) in [6, 6.07) is 20.1. The Hall–Kier alpha value is -4.30. The average molecular weight is 661 g/mol. The normalized spacial score (nSPS) is 29.8. The largest absolute Gasteiger partial charge is 0.456 e. The number of nitrogens with zero attached hydrogens (tertiary/aromatic N) is 1. The molecular formula is C48H47NO. The highest BCUT2D eigenvalue weighted by Crippen LogP contribution is 2.70. The molecule has 50 heavy (non-hydrogen) atoms. The zero-order valence-corrected chi connectivity index (χ0v) is 29.4. The van der Waals surface area contributed by atoms with Crippen molar-refractivity contribution in [3.8, 4) is 11.1 Å².